The molecule has 5 heteroatoms. The molecule has 1 atom stereocenters. The molecule has 3 heterocycles. The third-order valence-corrected chi connectivity index (χ3v) is 5.77. The van der Waals surface area contributed by atoms with Crippen LogP contribution in [0.5, 0.6) is 0 Å². The molecule has 1 aliphatic heterocycles. The lowest BCUT2D eigenvalue weighted by molar-refractivity contribution is 0.0748. The van der Waals surface area contributed by atoms with E-state index in [-0.39, 0.29) is 11.9 Å². The maximum absolute atomic E-state index is 13.6. The normalized spacial score (nSPS) is 16.9. The van der Waals surface area contributed by atoms with Crippen molar-refractivity contribution in [3.63, 3.8) is 0 Å². The van der Waals surface area contributed by atoms with E-state index in [4.69, 9.17) is 4.98 Å². The van der Waals surface area contributed by atoms with Gasteiger partial charge < -0.3 is 4.90 Å². The minimum Gasteiger partial charge on any atom is -0.336 e. The second kappa shape index (κ2) is 7.38. The predicted octanol–water partition coefficient (Wildman–Crippen LogP) is 4.75. The second-order valence-corrected chi connectivity index (χ2v) is 7.96. The number of benzene rings is 1. The van der Waals surface area contributed by atoms with Crippen LogP contribution in [0.25, 0.3) is 22.2 Å². The highest BCUT2D eigenvalue weighted by Crippen LogP contribution is 2.32. The van der Waals surface area contributed by atoms with Gasteiger partial charge in [0.25, 0.3) is 5.91 Å². The van der Waals surface area contributed by atoms with Gasteiger partial charge in [-0.3, -0.25) is 9.48 Å². The third kappa shape index (κ3) is 3.19. The van der Waals surface area contributed by atoms with Crippen molar-refractivity contribution in [1.29, 1.82) is 0 Å². The van der Waals surface area contributed by atoms with Crippen molar-refractivity contribution in [3.8, 4) is 11.3 Å². The van der Waals surface area contributed by atoms with Gasteiger partial charge in [0, 0.05) is 36.3 Å². The predicted molar refractivity (Wildman–Crippen MR) is 112 cm³/mol. The molecule has 0 bridgehead atoms. The van der Waals surface area contributed by atoms with Crippen LogP contribution in [0.1, 0.15) is 54.6 Å². The molecule has 2 aromatic heterocycles. The molecule has 1 aromatic carbocycles. The first-order valence-electron chi connectivity index (χ1n) is 10.2. The van der Waals surface area contributed by atoms with E-state index in [1.807, 2.05) is 35.0 Å². The van der Waals surface area contributed by atoms with E-state index in [9.17, 15) is 4.79 Å². The standard InChI is InChI=1S/C23H28N4O/c1-5-10-26-14-18(13-24-26)22-17(4)21(23(28)27-11-6-7-16(27)3)19-12-15(2)8-9-20(19)25-22/h8-9,12-14,16H,5-7,10-11H2,1-4H3/t16-/m0/s1. The first kappa shape index (κ1) is 18.7. The van der Waals surface area contributed by atoms with Crippen molar-refractivity contribution in [3.05, 3.63) is 47.3 Å². The van der Waals surface area contributed by atoms with Crippen LogP contribution < -0.4 is 0 Å². The SMILES string of the molecule is CCCn1cc(-c2nc3ccc(C)cc3c(C(=O)N3CCC[C@@H]3C)c2C)cn1. The molecule has 1 fully saturated rings. The van der Waals surface area contributed by atoms with Crippen LogP contribution in [-0.4, -0.2) is 38.2 Å². The Morgan fingerprint density at radius 3 is 2.82 bits per heavy atom. The van der Waals surface area contributed by atoms with E-state index in [0.29, 0.717) is 0 Å². The number of aryl methyl sites for hydroxylation is 2. The molecule has 0 radical (unpaired) electrons. The van der Waals surface area contributed by atoms with Gasteiger partial charge in [0.15, 0.2) is 0 Å². The zero-order valence-electron chi connectivity index (χ0n) is 17.2. The zero-order valence-corrected chi connectivity index (χ0v) is 17.2. The van der Waals surface area contributed by atoms with E-state index in [1.54, 1.807) is 0 Å². The lowest BCUT2D eigenvalue weighted by Crippen LogP contribution is -2.34. The summed E-state index contributed by atoms with van der Waals surface area (Å²) in [6, 6.07) is 6.46. The monoisotopic (exact) mass is 376 g/mol. The molecule has 0 unspecified atom stereocenters. The van der Waals surface area contributed by atoms with Gasteiger partial charge in [0.05, 0.1) is 23.0 Å². The molecule has 0 aliphatic carbocycles. The number of carbonyl (C=O) groups excluding carboxylic acids is 1. The lowest BCUT2D eigenvalue weighted by atomic mass is 9.96. The minimum absolute atomic E-state index is 0.128. The van der Waals surface area contributed by atoms with Gasteiger partial charge in [-0.15, -0.1) is 0 Å². The van der Waals surface area contributed by atoms with E-state index in [2.05, 4.69) is 38.0 Å². The molecule has 1 aliphatic rings. The Morgan fingerprint density at radius 2 is 2.11 bits per heavy atom. The van der Waals surface area contributed by atoms with Crippen molar-refractivity contribution in [1.82, 2.24) is 19.7 Å². The van der Waals surface area contributed by atoms with Gasteiger partial charge in [0.1, 0.15) is 0 Å². The first-order valence-corrected chi connectivity index (χ1v) is 10.2. The summed E-state index contributed by atoms with van der Waals surface area (Å²) in [5.41, 5.74) is 5.56. The van der Waals surface area contributed by atoms with Gasteiger partial charge in [-0.1, -0.05) is 18.6 Å². The van der Waals surface area contributed by atoms with Crippen LogP contribution in [0.3, 0.4) is 0 Å². The number of amides is 1. The van der Waals surface area contributed by atoms with Crippen molar-refractivity contribution >= 4 is 16.8 Å². The first-order chi connectivity index (χ1) is 13.5. The Bertz CT molecular complexity index is 1040. The number of hydrogen-bond donors (Lipinski definition) is 0. The molecule has 0 saturated carbocycles. The fourth-order valence-electron chi connectivity index (χ4n) is 4.24. The van der Waals surface area contributed by atoms with E-state index in [0.717, 1.165) is 71.2 Å². The highest BCUT2D eigenvalue weighted by Gasteiger charge is 2.29. The highest BCUT2D eigenvalue weighted by molar-refractivity contribution is 6.09. The fraction of sp³-hybridized carbons (Fsp3) is 0.435. The molecule has 3 aromatic rings. The molecule has 1 saturated heterocycles. The zero-order chi connectivity index (χ0) is 19.8. The summed E-state index contributed by atoms with van der Waals surface area (Å²) >= 11 is 0. The topological polar surface area (TPSA) is 51.0 Å². The fourth-order valence-corrected chi connectivity index (χ4v) is 4.24. The maximum Gasteiger partial charge on any atom is 0.255 e. The molecular formula is C23H28N4O. The summed E-state index contributed by atoms with van der Waals surface area (Å²) in [5.74, 6) is 0.128. The summed E-state index contributed by atoms with van der Waals surface area (Å²) in [4.78, 5) is 20.5. The highest BCUT2D eigenvalue weighted by atomic mass is 16.2. The number of likely N-dealkylation sites (tertiary alicyclic amines) is 1. The van der Waals surface area contributed by atoms with Crippen LogP contribution >= 0.6 is 0 Å². The molecule has 5 nitrogen and oxygen atoms in total. The quantitative estimate of drug-likeness (QED) is 0.660. The van der Waals surface area contributed by atoms with Gasteiger partial charge in [0.2, 0.25) is 0 Å². The average Bonchev–Trinajstić information content (AvgIpc) is 3.30. The minimum atomic E-state index is 0.128. The van der Waals surface area contributed by atoms with Crippen LogP contribution in [0, 0.1) is 13.8 Å². The Balaban J connectivity index is 1.91. The maximum atomic E-state index is 13.6. The van der Waals surface area contributed by atoms with Gasteiger partial charge in [-0.25, -0.2) is 4.98 Å². The van der Waals surface area contributed by atoms with Gasteiger partial charge in [-0.05, 0) is 57.7 Å². The largest absolute Gasteiger partial charge is 0.336 e. The summed E-state index contributed by atoms with van der Waals surface area (Å²) in [7, 11) is 0. The van der Waals surface area contributed by atoms with Crippen LogP contribution in [0.4, 0.5) is 0 Å². The van der Waals surface area contributed by atoms with Gasteiger partial charge in [-0.2, -0.15) is 5.10 Å². The van der Waals surface area contributed by atoms with Gasteiger partial charge >= 0.3 is 0 Å². The molecule has 1 amide bonds. The van der Waals surface area contributed by atoms with Crippen molar-refractivity contribution < 1.29 is 4.79 Å². The Kier molecular flexibility index (Phi) is 4.92. The number of rotatable bonds is 4. The van der Waals surface area contributed by atoms with E-state index in [1.165, 1.54) is 0 Å². The molecular weight excluding hydrogens is 348 g/mol. The summed E-state index contributed by atoms with van der Waals surface area (Å²) < 4.78 is 1.94. The van der Waals surface area contributed by atoms with Crippen LogP contribution in [0.15, 0.2) is 30.6 Å². The number of carbonyl (C=O) groups is 1. The Morgan fingerprint density at radius 1 is 1.29 bits per heavy atom. The molecule has 4 rings (SSSR count). The van der Waals surface area contributed by atoms with Crippen LogP contribution in [-0.2, 0) is 6.54 Å². The molecule has 0 N–H and O–H groups in total. The summed E-state index contributed by atoms with van der Waals surface area (Å²) in [6.45, 7) is 10.1. The Hall–Kier alpha value is -2.69. The van der Waals surface area contributed by atoms with Crippen molar-refractivity contribution in [2.75, 3.05) is 6.54 Å². The summed E-state index contributed by atoms with van der Waals surface area (Å²) in [6.07, 6.45) is 7.07. The lowest BCUT2D eigenvalue weighted by Gasteiger charge is -2.24. The van der Waals surface area contributed by atoms with Crippen LogP contribution in [0.2, 0.25) is 0 Å². The third-order valence-electron chi connectivity index (χ3n) is 5.77. The molecule has 146 valence electrons. The second-order valence-electron chi connectivity index (χ2n) is 7.96. The number of pyridine rings is 1. The number of hydrogen-bond acceptors (Lipinski definition) is 3. The van der Waals surface area contributed by atoms with E-state index >= 15 is 0 Å². The Labute approximate surface area is 166 Å². The molecule has 28 heavy (non-hydrogen) atoms. The number of nitrogens with zero attached hydrogens (tertiary/aromatic N) is 4. The number of fused-ring (bicyclic) bond motifs is 1. The van der Waals surface area contributed by atoms with E-state index < -0.39 is 0 Å². The smallest absolute Gasteiger partial charge is 0.255 e. The number of aromatic nitrogens is 3. The van der Waals surface area contributed by atoms with Crippen molar-refractivity contribution in [2.24, 2.45) is 0 Å². The average molecular weight is 377 g/mol. The molecule has 0 spiro atoms. The van der Waals surface area contributed by atoms with Crippen molar-refractivity contribution in [2.45, 2.75) is 59.5 Å². The summed E-state index contributed by atoms with van der Waals surface area (Å²) in [5, 5.41) is 5.41.